The van der Waals surface area contributed by atoms with Crippen molar-refractivity contribution in [2.75, 3.05) is 6.54 Å². The smallest absolute Gasteiger partial charge is 0.129 e. The van der Waals surface area contributed by atoms with Crippen LogP contribution in [0.15, 0.2) is 18.2 Å². The molecule has 1 rings (SSSR count). The van der Waals surface area contributed by atoms with Crippen molar-refractivity contribution in [3.05, 3.63) is 35.4 Å². The highest BCUT2D eigenvalue weighted by Crippen LogP contribution is 2.23. The van der Waals surface area contributed by atoms with Gasteiger partial charge < -0.3 is 10.1 Å². The number of hydrogen-bond donors (Lipinski definition) is 3. The topological polar surface area (TPSA) is 73.3 Å². The van der Waals surface area contributed by atoms with Gasteiger partial charge in [-0.2, -0.15) is 0 Å². The molecule has 2 atom stereocenters. The Morgan fingerprint density at radius 1 is 1.53 bits per heavy atom. The van der Waals surface area contributed by atoms with Gasteiger partial charge in [-0.25, -0.2) is 14.6 Å². The van der Waals surface area contributed by atoms with E-state index < -0.39 is 23.7 Å². The lowest BCUT2D eigenvalue weighted by Crippen LogP contribution is -2.37. The van der Waals surface area contributed by atoms with E-state index in [1.165, 1.54) is 13.0 Å². The maximum atomic E-state index is 13.5. The summed E-state index contributed by atoms with van der Waals surface area (Å²) < 4.78 is 26.3. The maximum Gasteiger partial charge on any atom is 0.129 e. The average molecular weight is 243 g/mol. The van der Waals surface area contributed by atoms with E-state index in [9.17, 15) is 13.9 Å². The summed E-state index contributed by atoms with van der Waals surface area (Å²) in [5.41, 5.74) is 0.179. The van der Waals surface area contributed by atoms with Crippen molar-refractivity contribution in [3.8, 4) is 0 Å². The molecule has 0 bridgehead atoms. The van der Waals surface area contributed by atoms with Crippen LogP contribution in [0.5, 0.6) is 0 Å². The normalized spacial score (nSPS) is 14.2. The van der Waals surface area contributed by atoms with Crippen molar-refractivity contribution in [2.45, 2.75) is 18.9 Å². The molecule has 0 heterocycles. The number of rotatable bonds is 5. The SMILES string of the molecule is C[C@H](O)C(CN(N)C=N)c1ccc(F)cc1F. The minimum atomic E-state index is -0.860. The molecular weight excluding hydrogens is 228 g/mol. The van der Waals surface area contributed by atoms with Crippen LogP contribution in [0.1, 0.15) is 18.4 Å². The second-order valence-corrected chi connectivity index (χ2v) is 3.84. The van der Waals surface area contributed by atoms with Gasteiger partial charge in [0.05, 0.1) is 12.4 Å². The summed E-state index contributed by atoms with van der Waals surface area (Å²) in [6, 6.07) is 3.16. The first-order valence-electron chi connectivity index (χ1n) is 5.10. The molecule has 6 heteroatoms. The summed E-state index contributed by atoms with van der Waals surface area (Å²) in [6.45, 7) is 1.56. The van der Waals surface area contributed by atoms with E-state index in [0.717, 1.165) is 23.5 Å². The van der Waals surface area contributed by atoms with Gasteiger partial charge in [0.2, 0.25) is 0 Å². The number of benzene rings is 1. The van der Waals surface area contributed by atoms with Crippen LogP contribution < -0.4 is 5.84 Å². The summed E-state index contributed by atoms with van der Waals surface area (Å²) in [7, 11) is 0. The quantitative estimate of drug-likeness (QED) is 0.315. The number of aliphatic hydroxyl groups is 1. The molecule has 0 fully saturated rings. The van der Waals surface area contributed by atoms with Crippen molar-refractivity contribution in [1.82, 2.24) is 5.01 Å². The number of nitrogens with zero attached hydrogens (tertiary/aromatic N) is 1. The molecule has 0 saturated heterocycles. The minimum Gasteiger partial charge on any atom is -0.393 e. The Bertz CT molecular complexity index is 398. The maximum absolute atomic E-state index is 13.5. The van der Waals surface area contributed by atoms with Crippen molar-refractivity contribution in [2.24, 2.45) is 5.84 Å². The fraction of sp³-hybridized carbons (Fsp3) is 0.364. The van der Waals surface area contributed by atoms with Gasteiger partial charge >= 0.3 is 0 Å². The van der Waals surface area contributed by atoms with Crippen LogP contribution in [0.4, 0.5) is 8.78 Å². The van der Waals surface area contributed by atoms with Crippen LogP contribution in [-0.4, -0.2) is 29.1 Å². The fourth-order valence-electron chi connectivity index (χ4n) is 1.59. The third-order valence-corrected chi connectivity index (χ3v) is 2.52. The van der Waals surface area contributed by atoms with Gasteiger partial charge in [0.25, 0.3) is 0 Å². The van der Waals surface area contributed by atoms with Gasteiger partial charge in [0, 0.05) is 18.5 Å². The second kappa shape index (κ2) is 5.70. The lowest BCUT2D eigenvalue weighted by Gasteiger charge is -2.24. The van der Waals surface area contributed by atoms with Gasteiger partial charge in [-0.1, -0.05) is 6.07 Å². The highest BCUT2D eigenvalue weighted by Gasteiger charge is 2.22. The van der Waals surface area contributed by atoms with E-state index in [4.69, 9.17) is 11.3 Å². The number of hydrazine groups is 1. The van der Waals surface area contributed by atoms with Crippen LogP contribution in [0, 0.1) is 17.0 Å². The van der Waals surface area contributed by atoms with Gasteiger partial charge in [-0.3, -0.25) is 5.41 Å². The Morgan fingerprint density at radius 3 is 2.65 bits per heavy atom. The zero-order chi connectivity index (χ0) is 13.0. The van der Waals surface area contributed by atoms with E-state index in [1.54, 1.807) is 0 Å². The molecule has 0 aliphatic heterocycles. The Morgan fingerprint density at radius 2 is 2.18 bits per heavy atom. The van der Waals surface area contributed by atoms with Gasteiger partial charge in [-0.15, -0.1) is 0 Å². The predicted octanol–water partition coefficient (Wildman–Crippen LogP) is 1.21. The second-order valence-electron chi connectivity index (χ2n) is 3.84. The molecule has 0 saturated carbocycles. The van der Waals surface area contributed by atoms with E-state index in [0.29, 0.717) is 0 Å². The number of aliphatic hydroxyl groups excluding tert-OH is 1. The number of nitrogens with two attached hydrogens (primary N) is 1. The Hall–Kier alpha value is -1.53. The molecule has 1 aromatic carbocycles. The fourth-order valence-corrected chi connectivity index (χ4v) is 1.59. The lowest BCUT2D eigenvalue weighted by atomic mass is 9.93. The number of halogens is 2. The molecule has 17 heavy (non-hydrogen) atoms. The zero-order valence-corrected chi connectivity index (χ0v) is 9.40. The highest BCUT2D eigenvalue weighted by atomic mass is 19.1. The largest absolute Gasteiger partial charge is 0.393 e. The van der Waals surface area contributed by atoms with E-state index >= 15 is 0 Å². The number of nitrogens with one attached hydrogen (secondary N) is 1. The Labute approximate surface area is 98.1 Å². The predicted molar refractivity (Wildman–Crippen MR) is 60.5 cm³/mol. The Balaban J connectivity index is 3.01. The summed E-state index contributed by atoms with van der Waals surface area (Å²) in [6.07, 6.45) is 0.0116. The molecule has 0 radical (unpaired) electrons. The first kappa shape index (κ1) is 13.5. The molecule has 1 aromatic rings. The molecule has 0 spiro atoms. The molecular formula is C11H15F2N3O. The van der Waals surface area contributed by atoms with Crippen LogP contribution in [0.25, 0.3) is 0 Å². The molecule has 0 amide bonds. The molecule has 0 aliphatic rings. The molecule has 1 unspecified atom stereocenters. The Kier molecular flexibility index (Phi) is 4.53. The molecule has 0 aromatic heterocycles. The lowest BCUT2D eigenvalue weighted by molar-refractivity contribution is 0.146. The van der Waals surface area contributed by atoms with E-state index in [1.807, 2.05) is 0 Å². The molecule has 4 nitrogen and oxygen atoms in total. The van der Waals surface area contributed by atoms with E-state index in [-0.39, 0.29) is 12.1 Å². The molecule has 0 aliphatic carbocycles. The zero-order valence-electron chi connectivity index (χ0n) is 9.40. The highest BCUT2D eigenvalue weighted by molar-refractivity contribution is 5.49. The van der Waals surface area contributed by atoms with Crippen LogP contribution in [0.3, 0.4) is 0 Å². The van der Waals surface area contributed by atoms with Crippen molar-refractivity contribution >= 4 is 6.34 Å². The standard InChI is InChI=1S/C11H15F2N3O/c1-7(17)10(5-16(15)6-14)9-3-2-8(12)4-11(9)13/h2-4,6-7,10,14,17H,5,15H2,1H3/t7-,10?/m0/s1. The summed E-state index contributed by atoms with van der Waals surface area (Å²) in [5.74, 6) is 3.39. The summed E-state index contributed by atoms with van der Waals surface area (Å²) in [4.78, 5) is 0. The third kappa shape index (κ3) is 3.47. The van der Waals surface area contributed by atoms with Crippen molar-refractivity contribution in [3.63, 3.8) is 0 Å². The van der Waals surface area contributed by atoms with Crippen LogP contribution in [-0.2, 0) is 0 Å². The number of hydrogen-bond acceptors (Lipinski definition) is 3. The van der Waals surface area contributed by atoms with E-state index in [2.05, 4.69) is 0 Å². The third-order valence-electron chi connectivity index (χ3n) is 2.52. The molecule has 94 valence electrons. The summed E-state index contributed by atoms with van der Waals surface area (Å²) >= 11 is 0. The van der Waals surface area contributed by atoms with Gasteiger partial charge in [-0.05, 0) is 18.6 Å². The van der Waals surface area contributed by atoms with Crippen LogP contribution >= 0.6 is 0 Å². The molecule has 4 N–H and O–H groups in total. The van der Waals surface area contributed by atoms with Gasteiger partial charge in [0.1, 0.15) is 11.6 Å². The monoisotopic (exact) mass is 243 g/mol. The van der Waals surface area contributed by atoms with Gasteiger partial charge in [0.15, 0.2) is 0 Å². The van der Waals surface area contributed by atoms with Crippen molar-refractivity contribution < 1.29 is 13.9 Å². The van der Waals surface area contributed by atoms with Crippen LogP contribution in [0.2, 0.25) is 0 Å². The summed E-state index contributed by atoms with van der Waals surface area (Å²) in [5, 5.41) is 17.5. The first-order valence-corrected chi connectivity index (χ1v) is 5.10. The average Bonchev–Trinajstić information content (AvgIpc) is 2.26. The van der Waals surface area contributed by atoms with Crippen molar-refractivity contribution in [1.29, 1.82) is 5.41 Å². The minimum absolute atomic E-state index is 0.0731. The first-order chi connectivity index (χ1) is 7.95.